The molecule has 0 amide bonds. The number of ether oxygens (including phenoxy) is 10. The highest BCUT2D eigenvalue weighted by Crippen LogP contribution is 2.67. The van der Waals surface area contributed by atoms with Crippen molar-refractivity contribution in [2.75, 3.05) is 0 Å². The van der Waals surface area contributed by atoms with Crippen molar-refractivity contribution in [1.82, 2.24) is 0 Å². The molecule has 36 unspecified atom stereocenters. The third kappa shape index (κ3) is 29.5. The second kappa shape index (κ2) is 50.2. The lowest BCUT2D eigenvalue weighted by Gasteiger charge is -2.45. The smallest absolute Gasteiger partial charge is 0.312 e. The van der Waals surface area contributed by atoms with Gasteiger partial charge in [-0.2, -0.15) is 0 Å². The quantitative estimate of drug-likeness (QED) is 0.0885. The van der Waals surface area contributed by atoms with Crippen LogP contribution >= 0.6 is 0 Å². The van der Waals surface area contributed by atoms with E-state index in [-0.39, 0.29) is 86.9 Å². The van der Waals surface area contributed by atoms with E-state index >= 15 is 0 Å². The number of esters is 15. The van der Waals surface area contributed by atoms with E-state index in [1.807, 2.05) is 0 Å². The highest BCUT2D eigenvalue weighted by Gasteiger charge is 2.66. The topological polar surface area (TPSA) is 348 Å². The zero-order valence-corrected chi connectivity index (χ0v) is 90.9. The Morgan fingerprint density at radius 3 is 0.892 bits per heavy atom. The number of fused-ring (bicyclic) bond motifs is 16. The molecule has 0 spiro atoms. The van der Waals surface area contributed by atoms with Crippen LogP contribution in [0.15, 0.2) is 0 Å². The van der Waals surface area contributed by atoms with Gasteiger partial charge in [0, 0.05) is 81.1 Å². The molecule has 139 heavy (non-hydrogen) atoms. The Labute approximate surface area is 833 Å². The van der Waals surface area contributed by atoms with Crippen molar-refractivity contribution in [3.8, 4) is 0 Å². The van der Waals surface area contributed by atoms with E-state index < -0.39 is 59.7 Å². The second-order valence-electron chi connectivity index (χ2n) is 48.4. The van der Waals surface area contributed by atoms with E-state index in [1.54, 1.807) is 0 Å². The lowest BCUT2D eigenvalue weighted by molar-refractivity contribution is -0.184. The molecule has 0 aromatic rings. The third-order valence-electron chi connectivity index (χ3n) is 37.9. The molecule has 0 aromatic heterocycles. The summed E-state index contributed by atoms with van der Waals surface area (Å²) in [6.07, 6.45) is 40.5. The fraction of sp³-hybridized carbons (Fsp3) is 0.868. The van der Waals surface area contributed by atoms with Crippen LogP contribution in [0.2, 0.25) is 0 Å². The maximum atomic E-state index is 13.0. The molecule has 0 aromatic carbocycles. The van der Waals surface area contributed by atoms with E-state index in [0.717, 1.165) is 130 Å². The Morgan fingerprint density at radius 1 is 0.295 bits per heavy atom. The minimum absolute atomic E-state index is 0.101. The highest BCUT2D eigenvalue weighted by atomic mass is 16.6. The van der Waals surface area contributed by atoms with Crippen LogP contribution in [-0.2, 0) is 119 Å². The van der Waals surface area contributed by atoms with Gasteiger partial charge in [0.2, 0.25) is 0 Å². The number of rotatable bonds is 14. The Bertz CT molecular complexity index is 3960. The SMILES string of the molecule is CC(=O)OC(C)=O.CC(=O)OC(C)=O.CC(=O)OC(C)=O.CC(=O)OC(C)=O.CC(=O)OC(C)=O.CC1CC(C)C(C(=O)OC2(C(C)C)CC3CC2C2CCCC32)C1.CC1CC(C)C(C(=O)OC2(C)CC3CC2C2CCCC32)C1.CCC1(OC(=O)C2(C)CC(C)CC2C)CC2CCC1C2.CCC1(OC(=O)C2C(C)CC(C)C2C)CC2CCC1C2.CCC1(OC(=O)C2C(C)CC(C)C2C)CC2CCC1C2. The highest BCUT2D eigenvalue weighted by molar-refractivity contribution is 5.85. The predicted molar refractivity (Wildman–Crippen MR) is 527 cm³/mol. The molecule has 10 bridgehead atoms. The predicted octanol–water partition coefficient (Wildman–Crippen LogP) is 23.4. The maximum absolute atomic E-state index is 13.0. The van der Waals surface area contributed by atoms with E-state index in [2.05, 4.69) is 155 Å². The average molecular weight is 1950 g/mol. The van der Waals surface area contributed by atoms with Crippen molar-refractivity contribution in [2.45, 2.75) is 441 Å². The molecular weight excluding hydrogens is 1770 g/mol. The zero-order chi connectivity index (χ0) is 104. The Balaban J connectivity index is 0.000000196. The maximum Gasteiger partial charge on any atom is 0.312 e. The van der Waals surface area contributed by atoms with Crippen LogP contribution in [0, 0.1) is 189 Å². The van der Waals surface area contributed by atoms with E-state index in [0.29, 0.717) is 107 Å². The molecule has 17 fully saturated rings. The van der Waals surface area contributed by atoms with Crippen molar-refractivity contribution in [3.63, 3.8) is 0 Å². The first-order valence-corrected chi connectivity index (χ1v) is 54.5. The van der Waals surface area contributed by atoms with Crippen LogP contribution in [-0.4, -0.2) is 118 Å². The molecule has 17 rings (SSSR count). The van der Waals surface area contributed by atoms with Gasteiger partial charge in [-0.25, -0.2) is 0 Å². The molecule has 17 aliphatic rings. The van der Waals surface area contributed by atoms with E-state index in [9.17, 15) is 71.9 Å². The van der Waals surface area contributed by atoms with Gasteiger partial charge in [0.25, 0.3) is 0 Å². The molecule has 0 N–H and O–H groups in total. The average Bonchev–Trinajstić information content (AvgIpc) is 1.55. The number of hydrogen-bond donors (Lipinski definition) is 0. The fourth-order valence-electron chi connectivity index (χ4n) is 31.5. The molecule has 790 valence electrons. The van der Waals surface area contributed by atoms with Gasteiger partial charge in [0.1, 0.15) is 28.0 Å². The summed E-state index contributed by atoms with van der Waals surface area (Å²) in [5.74, 6) is 13.7. The van der Waals surface area contributed by atoms with Gasteiger partial charge in [-0.1, -0.05) is 131 Å². The molecule has 17 saturated carbocycles. The number of carbonyl (C=O) groups excluding carboxylic acids is 15. The Kier molecular flexibility index (Phi) is 42.4. The van der Waals surface area contributed by atoms with E-state index in [1.165, 1.54) is 204 Å². The molecule has 0 heterocycles. The number of hydrogen-bond acceptors (Lipinski definition) is 25. The summed E-state index contributed by atoms with van der Waals surface area (Å²) in [7, 11) is 0. The lowest BCUT2D eigenvalue weighted by atomic mass is 9.68. The molecule has 36 atom stereocenters. The van der Waals surface area contributed by atoms with Gasteiger partial charge in [-0.15, -0.1) is 0 Å². The molecule has 17 aliphatic carbocycles. The summed E-state index contributed by atoms with van der Waals surface area (Å²) in [5, 5.41) is 0. The van der Waals surface area contributed by atoms with Crippen molar-refractivity contribution >= 4 is 89.5 Å². The first-order chi connectivity index (χ1) is 64.9. The van der Waals surface area contributed by atoms with Gasteiger partial charge in [-0.05, 0) is 361 Å². The summed E-state index contributed by atoms with van der Waals surface area (Å²) < 4.78 is 51.2. The largest absolute Gasteiger partial charge is 0.459 e. The normalized spacial score (nSPS) is 40.6. The molecular formula is C114H184O25. The molecule has 0 radical (unpaired) electrons. The van der Waals surface area contributed by atoms with Crippen LogP contribution in [0.25, 0.3) is 0 Å². The Hall–Kier alpha value is -6.95. The van der Waals surface area contributed by atoms with Crippen molar-refractivity contribution in [3.05, 3.63) is 0 Å². The van der Waals surface area contributed by atoms with Gasteiger partial charge in [0.15, 0.2) is 0 Å². The van der Waals surface area contributed by atoms with E-state index in [4.69, 9.17) is 23.7 Å². The van der Waals surface area contributed by atoms with Gasteiger partial charge in [0.05, 0.1) is 29.1 Å². The first-order valence-electron chi connectivity index (χ1n) is 54.5. The Morgan fingerprint density at radius 2 is 0.619 bits per heavy atom. The summed E-state index contributed by atoms with van der Waals surface area (Å²) in [6.45, 7) is 54.4. The minimum Gasteiger partial charge on any atom is -0.459 e. The third-order valence-corrected chi connectivity index (χ3v) is 37.9. The van der Waals surface area contributed by atoms with Crippen LogP contribution in [0.1, 0.15) is 413 Å². The summed E-state index contributed by atoms with van der Waals surface area (Å²) in [5.41, 5.74) is -0.855. The summed E-state index contributed by atoms with van der Waals surface area (Å²) >= 11 is 0. The minimum atomic E-state index is -0.562. The van der Waals surface area contributed by atoms with Crippen molar-refractivity contribution in [2.24, 2.45) is 189 Å². The van der Waals surface area contributed by atoms with Gasteiger partial charge < -0.3 is 47.4 Å². The zero-order valence-electron chi connectivity index (χ0n) is 90.9. The monoisotopic (exact) mass is 1950 g/mol. The number of carbonyl (C=O) groups is 15. The second-order valence-corrected chi connectivity index (χ2v) is 48.4. The van der Waals surface area contributed by atoms with Crippen LogP contribution in [0.4, 0.5) is 0 Å². The molecule has 0 aliphatic heterocycles. The van der Waals surface area contributed by atoms with Crippen LogP contribution < -0.4 is 0 Å². The standard InChI is InChI=1S/C21H34O2.C19H30O2.3C18H30O2.5C4H6O3/c1-12(2)21(23-20(22)18-9-13(3)8-14(18)4)11-15-10-19(21)17-7-5-6-16(15)17;1-11-7-12(2)16(8-11)18(20)21-19(3)10-13-9-17(19)15-6-4-5-14(13)15;1-5-18(11-14-6-7-15(18)9-14)20-16(19)17(4)10-12(2)8-13(17)3;2*1-5-18(10-14-6-7-15(18)9-14)20-17(19)16-12(3)8-11(2)13(16)4;5*1-3(5)7-4(2)6/h12-19H,5-11H2,1-4H3;11-17H,4-10H2,1-3H3;12-15H,5-11H2,1-4H3;2*11-16H,5-10H2,1-4H3;5*1-2H3. The summed E-state index contributed by atoms with van der Waals surface area (Å²) in [6, 6.07) is 0. The van der Waals surface area contributed by atoms with Crippen LogP contribution in [0.3, 0.4) is 0 Å². The summed E-state index contributed by atoms with van der Waals surface area (Å²) in [4.78, 5) is 162. The molecule has 0 saturated heterocycles. The molecule has 25 nitrogen and oxygen atoms in total. The van der Waals surface area contributed by atoms with Crippen LogP contribution in [0.5, 0.6) is 0 Å². The van der Waals surface area contributed by atoms with Crippen molar-refractivity contribution in [1.29, 1.82) is 0 Å². The molecule has 25 heteroatoms. The van der Waals surface area contributed by atoms with Crippen molar-refractivity contribution < 1.29 is 119 Å². The lowest BCUT2D eigenvalue weighted by Crippen LogP contribution is -2.50. The van der Waals surface area contributed by atoms with Gasteiger partial charge >= 0.3 is 89.5 Å². The van der Waals surface area contributed by atoms with Gasteiger partial charge in [-0.3, -0.25) is 71.9 Å². The fourth-order valence-corrected chi connectivity index (χ4v) is 31.5. The first kappa shape index (κ1) is 117.